The third kappa shape index (κ3) is 4.47. The number of carbonyl (C=O) groups is 1. The summed E-state index contributed by atoms with van der Waals surface area (Å²) in [6, 6.07) is 10.3. The molecular formula is C21H27N5O2. The summed E-state index contributed by atoms with van der Waals surface area (Å²) in [6.45, 7) is 9.12. The van der Waals surface area contributed by atoms with Gasteiger partial charge in [0.05, 0.1) is 7.11 Å². The van der Waals surface area contributed by atoms with Crippen LogP contribution < -0.4 is 5.32 Å². The van der Waals surface area contributed by atoms with Gasteiger partial charge in [-0.2, -0.15) is 9.50 Å². The standard InChI is InChI=1S/C21H27N5O2/c1-14-13-17(22-12-6-7-18(27)28-5)26-20(23-14)24-19(25-26)15-8-10-16(11-9-15)21(2,3)4/h8-11,13,22H,6-7,12H2,1-5H3. The zero-order valence-electron chi connectivity index (χ0n) is 17.1. The average molecular weight is 381 g/mol. The molecule has 0 radical (unpaired) electrons. The van der Waals surface area contributed by atoms with Crippen LogP contribution in [0, 0.1) is 6.92 Å². The predicted molar refractivity (Wildman–Crippen MR) is 109 cm³/mol. The number of nitrogens with one attached hydrogen (secondary N) is 1. The number of aryl methyl sites for hydroxylation is 1. The minimum absolute atomic E-state index is 0.102. The van der Waals surface area contributed by atoms with E-state index in [1.807, 2.05) is 25.1 Å². The molecule has 0 aliphatic rings. The summed E-state index contributed by atoms with van der Waals surface area (Å²) in [6.07, 6.45) is 1.05. The number of ether oxygens (including phenoxy) is 1. The first-order chi connectivity index (χ1) is 13.3. The van der Waals surface area contributed by atoms with E-state index in [0.717, 1.165) is 17.1 Å². The molecule has 0 aliphatic heterocycles. The predicted octanol–water partition coefficient (Wildman–Crippen LogP) is 3.76. The molecular weight excluding hydrogens is 354 g/mol. The lowest BCUT2D eigenvalue weighted by Gasteiger charge is -2.18. The molecule has 3 aromatic rings. The van der Waals surface area contributed by atoms with Crippen molar-refractivity contribution in [3.8, 4) is 11.4 Å². The summed E-state index contributed by atoms with van der Waals surface area (Å²) >= 11 is 0. The highest BCUT2D eigenvalue weighted by Gasteiger charge is 2.15. The fourth-order valence-electron chi connectivity index (χ4n) is 2.91. The van der Waals surface area contributed by atoms with Crippen molar-refractivity contribution in [2.45, 2.75) is 46.0 Å². The third-order valence-electron chi connectivity index (χ3n) is 4.54. The normalized spacial score (nSPS) is 11.6. The van der Waals surface area contributed by atoms with E-state index in [2.05, 4.69) is 58.0 Å². The number of hydrogen-bond acceptors (Lipinski definition) is 6. The Morgan fingerprint density at radius 1 is 1.18 bits per heavy atom. The number of rotatable bonds is 6. The van der Waals surface area contributed by atoms with Crippen LogP contribution in [0.2, 0.25) is 0 Å². The summed E-state index contributed by atoms with van der Waals surface area (Å²) in [5.74, 6) is 1.78. The summed E-state index contributed by atoms with van der Waals surface area (Å²) in [4.78, 5) is 20.3. The molecule has 2 aromatic heterocycles. The SMILES string of the molecule is COC(=O)CCCNc1cc(C)nc2nc(-c3ccc(C(C)(C)C)cc3)nn12. The first-order valence-electron chi connectivity index (χ1n) is 9.44. The van der Waals surface area contributed by atoms with Crippen LogP contribution in [0.4, 0.5) is 5.82 Å². The van der Waals surface area contributed by atoms with Gasteiger partial charge in [0.15, 0.2) is 5.82 Å². The molecule has 0 spiro atoms. The molecule has 1 aromatic carbocycles. The molecule has 0 atom stereocenters. The number of nitrogens with zero attached hydrogens (tertiary/aromatic N) is 4. The molecule has 0 bridgehead atoms. The maximum absolute atomic E-state index is 11.2. The zero-order valence-corrected chi connectivity index (χ0v) is 17.1. The van der Waals surface area contributed by atoms with Crippen LogP contribution in [-0.2, 0) is 14.9 Å². The smallest absolute Gasteiger partial charge is 0.305 e. The van der Waals surface area contributed by atoms with Crippen molar-refractivity contribution < 1.29 is 9.53 Å². The molecule has 148 valence electrons. The van der Waals surface area contributed by atoms with E-state index in [0.29, 0.717) is 31.0 Å². The van der Waals surface area contributed by atoms with E-state index >= 15 is 0 Å². The minimum atomic E-state index is -0.209. The first kappa shape index (κ1) is 19.8. The molecule has 3 rings (SSSR count). The van der Waals surface area contributed by atoms with Gasteiger partial charge in [-0.3, -0.25) is 4.79 Å². The van der Waals surface area contributed by atoms with Crippen molar-refractivity contribution in [3.63, 3.8) is 0 Å². The molecule has 0 fully saturated rings. The van der Waals surface area contributed by atoms with E-state index in [4.69, 9.17) is 0 Å². The fourth-order valence-corrected chi connectivity index (χ4v) is 2.91. The summed E-state index contributed by atoms with van der Waals surface area (Å²) in [5.41, 5.74) is 3.17. The lowest BCUT2D eigenvalue weighted by molar-refractivity contribution is -0.140. The van der Waals surface area contributed by atoms with Crippen LogP contribution in [-0.4, -0.2) is 39.2 Å². The molecule has 7 heteroatoms. The molecule has 0 unspecified atom stereocenters. The van der Waals surface area contributed by atoms with Gasteiger partial charge in [-0.15, -0.1) is 5.10 Å². The van der Waals surface area contributed by atoms with Crippen LogP contribution in [0.1, 0.15) is 44.9 Å². The van der Waals surface area contributed by atoms with Crippen LogP contribution in [0.3, 0.4) is 0 Å². The Balaban J connectivity index is 1.83. The topological polar surface area (TPSA) is 81.4 Å². The number of methoxy groups -OCH3 is 1. The van der Waals surface area contributed by atoms with Gasteiger partial charge in [0, 0.05) is 30.3 Å². The van der Waals surface area contributed by atoms with Gasteiger partial charge in [-0.05, 0) is 24.3 Å². The Morgan fingerprint density at radius 2 is 1.89 bits per heavy atom. The van der Waals surface area contributed by atoms with Gasteiger partial charge in [-0.1, -0.05) is 45.0 Å². The Morgan fingerprint density at radius 3 is 2.54 bits per heavy atom. The zero-order chi connectivity index (χ0) is 20.3. The van der Waals surface area contributed by atoms with Gasteiger partial charge < -0.3 is 10.1 Å². The molecule has 2 heterocycles. The second-order valence-corrected chi connectivity index (χ2v) is 7.86. The van der Waals surface area contributed by atoms with Crippen molar-refractivity contribution >= 4 is 17.6 Å². The van der Waals surface area contributed by atoms with Crippen LogP contribution >= 0.6 is 0 Å². The Kier molecular flexibility index (Phi) is 5.63. The van der Waals surface area contributed by atoms with Gasteiger partial charge in [0.1, 0.15) is 5.82 Å². The fraction of sp³-hybridized carbons (Fsp3) is 0.429. The van der Waals surface area contributed by atoms with E-state index < -0.39 is 0 Å². The maximum atomic E-state index is 11.2. The lowest BCUT2D eigenvalue weighted by atomic mass is 9.87. The molecule has 0 saturated heterocycles. The number of esters is 1. The van der Waals surface area contributed by atoms with Gasteiger partial charge in [-0.25, -0.2) is 4.98 Å². The quantitative estimate of drug-likeness (QED) is 0.517. The highest BCUT2D eigenvalue weighted by molar-refractivity contribution is 5.69. The molecule has 1 N–H and O–H groups in total. The maximum Gasteiger partial charge on any atom is 0.305 e. The summed E-state index contributed by atoms with van der Waals surface area (Å²) < 4.78 is 6.38. The molecule has 0 saturated carbocycles. The van der Waals surface area contributed by atoms with Crippen molar-refractivity contribution in [1.29, 1.82) is 0 Å². The van der Waals surface area contributed by atoms with Crippen LogP contribution in [0.15, 0.2) is 30.3 Å². The average Bonchev–Trinajstić information content (AvgIpc) is 3.08. The minimum Gasteiger partial charge on any atom is -0.469 e. The number of hydrogen-bond donors (Lipinski definition) is 1. The Labute approximate surface area is 165 Å². The first-order valence-corrected chi connectivity index (χ1v) is 9.44. The molecule has 0 amide bonds. The van der Waals surface area contributed by atoms with Gasteiger partial charge in [0.2, 0.25) is 0 Å². The van der Waals surface area contributed by atoms with Crippen molar-refractivity contribution in [2.75, 3.05) is 19.0 Å². The second-order valence-electron chi connectivity index (χ2n) is 7.86. The third-order valence-corrected chi connectivity index (χ3v) is 4.54. The highest BCUT2D eigenvalue weighted by atomic mass is 16.5. The van der Waals surface area contributed by atoms with E-state index in [1.165, 1.54) is 12.7 Å². The van der Waals surface area contributed by atoms with Crippen LogP contribution in [0.5, 0.6) is 0 Å². The van der Waals surface area contributed by atoms with E-state index in [-0.39, 0.29) is 11.4 Å². The summed E-state index contributed by atoms with van der Waals surface area (Å²) in [7, 11) is 1.40. The van der Waals surface area contributed by atoms with Gasteiger partial charge in [0.25, 0.3) is 5.78 Å². The Bertz CT molecular complexity index is 971. The number of aromatic nitrogens is 4. The number of benzene rings is 1. The van der Waals surface area contributed by atoms with Crippen LogP contribution in [0.25, 0.3) is 17.2 Å². The number of fused-ring (bicyclic) bond motifs is 1. The van der Waals surface area contributed by atoms with Crippen molar-refractivity contribution in [2.24, 2.45) is 0 Å². The van der Waals surface area contributed by atoms with E-state index in [9.17, 15) is 4.79 Å². The second kappa shape index (κ2) is 7.96. The van der Waals surface area contributed by atoms with Gasteiger partial charge >= 0.3 is 5.97 Å². The van der Waals surface area contributed by atoms with Crippen molar-refractivity contribution in [3.05, 3.63) is 41.6 Å². The molecule has 0 aliphatic carbocycles. The highest BCUT2D eigenvalue weighted by Crippen LogP contribution is 2.25. The monoisotopic (exact) mass is 381 g/mol. The largest absolute Gasteiger partial charge is 0.469 e. The van der Waals surface area contributed by atoms with E-state index in [1.54, 1.807) is 4.52 Å². The number of anilines is 1. The lowest BCUT2D eigenvalue weighted by Crippen LogP contribution is -2.10. The Hall–Kier alpha value is -2.96. The summed E-state index contributed by atoms with van der Waals surface area (Å²) in [5, 5.41) is 7.95. The van der Waals surface area contributed by atoms with Crippen molar-refractivity contribution in [1.82, 2.24) is 19.6 Å². The molecule has 28 heavy (non-hydrogen) atoms. The number of carbonyl (C=O) groups excluding carboxylic acids is 1. The molecule has 7 nitrogen and oxygen atoms in total.